The second-order valence-corrected chi connectivity index (χ2v) is 3.29. The van der Waals surface area contributed by atoms with Gasteiger partial charge in [0.25, 0.3) is 0 Å². The van der Waals surface area contributed by atoms with Crippen LogP contribution in [0.1, 0.15) is 12.8 Å². The summed E-state index contributed by atoms with van der Waals surface area (Å²) in [7, 11) is 0. The highest BCUT2D eigenvalue weighted by atomic mass is 16.5. The van der Waals surface area contributed by atoms with E-state index in [9.17, 15) is 4.79 Å². The predicted octanol–water partition coefficient (Wildman–Crippen LogP) is -0.496. The van der Waals surface area contributed by atoms with Gasteiger partial charge >= 0.3 is 0 Å². The van der Waals surface area contributed by atoms with Crippen LogP contribution >= 0.6 is 0 Å². The predicted molar refractivity (Wildman–Crippen MR) is 53.7 cm³/mol. The summed E-state index contributed by atoms with van der Waals surface area (Å²) in [4.78, 5) is 11.3. The second kappa shape index (κ2) is 6.41. The molecule has 1 aliphatic heterocycles. The Morgan fingerprint density at radius 2 is 2.50 bits per heavy atom. The van der Waals surface area contributed by atoms with Crippen LogP contribution in [-0.2, 0) is 9.53 Å². The van der Waals surface area contributed by atoms with E-state index in [2.05, 4.69) is 16.6 Å². The normalized spacial score (nSPS) is 21.2. The van der Waals surface area contributed by atoms with Crippen molar-refractivity contribution < 1.29 is 9.53 Å². The third kappa shape index (κ3) is 4.26. The van der Waals surface area contributed by atoms with Crippen molar-refractivity contribution in [3.05, 3.63) is 0 Å². The van der Waals surface area contributed by atoms with Crippen molar-refractivity contribution in [1.29, 1.82) is 0 Å². The molecule has 1 amide bonds. The molecular weight excluding hydrogens is 180 g/mol. The summed E-state index contributed by atoms with van der Waals surface area (Å²) in [6, 6.07) is 0.170. The topological polar surface area (TPSA) is 50.4 Å². The molecule has 0 spiro atoms. The van der Waals surface area contributed by atoms with Gasteiger partial charge in [-0.25, -0.2) is 0 Å². The van der Waals surface area contributed by atoms with Gasteiger partial charge in [-0.2, -0.15) is 0 Å². The van der Waals surface area contributed by atoms with Crippen LogP contribution in [0.2, 0.25) is 0 Å². The van der Waals surface area contributed by atoms with Crippen LogP contribution in [0, 0.1) is 12.3 Å². The molecule has 2 N–H and O–H groups in total. The van der Waals surface area contributed by atoms with Crippen molar-refractivity contribution in [3.8, 4) is 12.3 Å². The van der Waals surface area contributed by atoms with Crippen LogP contribution in [0.3, 0.4) is 0 Å². The Kier molecular flexibility index (Phi) is 5.05. The molecule has 0 saturated carbocycles. The summed E-state index contributed by atoms with van der Waals surface area (Å²) in [5.74, 6) is 2.39. The van der Waals surface area contributed by atoms with Crippen molar-refractivity contribution in [1.82, 2.24) is 10.6 Å². The Labute approximate surface area is 84.4 Å². The summed E-state index contributed by atoms with van der Waals surface area (Å²) >= 11 is 0. The van der Waals surface area contributed by atoms with Gasteiger partial charge in [0.15, 0.2) is 0 Å². The molecule has 1 rings (SSSR count). The maximum atomic E-state index is 11.3. The highest BCUT2D eigenvalue weighted by Crippen LogP contribution is 2.04. The van der Waals surface area contributed by atoms with E-state index in [0.29, 0.717) is 13.2 Å². The summed E-state index contributed by atoms with van der Waals surface area (Å²) in [6.45, 7) is 2.14. The highest BCUT2D eigenvalue weighted by Gasteiger charge is 2.15. The van der Waals surface area contributed by atoms with Crippen molar-refractivity contribution in [2.75, 3.05) is 26.3 Å². The van der Waals surface area contributed by atoms with Gasteiger partial charge in [0.2, 0.25) is 5.91 Å². The Bertz CT molecular complexity index is 217. The first-order chi connectivity index (χ1) is 6.83. The van der Waals surface area contributed by atoms with E-state index in [1.54, 1.807) is 0 Å². The highest BCUT2D eigenvalue weighted by molar-refractivity contribution is 5.78. The molecule has 1 fully saturated rings. The zero-order chi connectivity index (χ0) is 10.2. The first kappa shape index (κ1) is 11.0. The van der Waals surface area contributed by atoms with Crippen molar-refractivity contribution in [2.45, 2.75) is 18.9 Å². The molecule has 0 aliphatic carbocycles. The number of amides is 1. The molecule has 4 nitrogen and oxygen atoms in total. The SMILES string of the molecule is C#CCNCC(=O)NC1CCCOC1. The minimum absolute atomic E-state index is 0.0178. The molecule has 0 aromatic rings. The molecule has 0 aromatic heterocycles. The molecule has 1 atom stereocenters. The van der Waals surface area contributed by atoms with Crippen molar-refractivity contribution in [3.63, 3.8) is 0 Å². The lowest BCUT2D eigenvalue weighted by molar-refractivity contribution is -0.121. The van der Waals surface area contributed by atoms with Gasteiger partial charge in [-0.1, -0.05) is 5.92 Å². The molecule has 0 bridgehead atoms. The lowest BCUT2D eigenvalue weighted by atomic mass is 10.1. The largest absolute Gasteiger partial charge is 0.379 e. The first-order valence-electron chi connectivity index (χ1n) is 4.84. The Morgan fingerprint density at radius 3 is 3.14 bits per heavy atom. The number of carbonyl (C=O) groups excluding carboxylic acids is 1. The van der Waals surface area contributed by atoms with Gasteiger partial charge in [-0.15, -0.1) is 6.42 Å². The minimum Gasteiger partial charge on any atom is -0.379 e. The van der Waals surface area contributed by atoms with Crippen LogP contribution < -0.4 is 10.6 Å². The average Bonchev–Trinajstić information content (AvgIpc) is 2.20. The zero-order valence-corrected chi connectivity index (χ0v) is 8.21. The van der Waals surface area contributed by atoms with Crippen molar-refractivity contribution in [2.24, 2.45) is 0 Å². The molecule has 1 unspecified atom stereocenters. The number of ether oxygens (including phenoxy) is 1. The lowest BCUT2D eigenvalue weighted by Gasteiger charge is -2.23. The van der Waals surface area contributed by atoms with Gasteiger partial charge in [-0.05, 0) is 12.8 Å². The maximum absolute atomic E-state index is 11.3. The summed E-state index contributed by atoms with van der Waals surface area (Å²) < 4.78 is 5.24. The quantitative estimate of drug-likeness (QED) is 0.471. The van der Waals surface area contributed by atoms with Gasteiger partial charge < -0.3 is 10.1 Å². The average molecular weight is 196 g/mol. The van der Waals surface area contributed by atoms with E-state index in [4.69, 9.17) is 11.2 Å². The van der Waals surface area contributed by atoms with Gasteiger partial charge in [-0.3, -0.25) is 10.1 Å². The fraction of sp³-hybridized carbons (Fsp3) is 0.700. The third-order valence-corrected chi connectivity index (χ3v) is 2.04. The molecule has 0 radical (unpaired) electrons. The van der Waals surface area contributed by atoms with Gasteiger partial charge in [0, 0.05) is 6.61 Å². The third-order valence-electron chi connectivity index (χ3n) is 2.04. The second-order valence-electron chi connectivity index (χ2n) is 3.29. The summed E-state index contributed by atoms with van der Waals surface area (Å²) in [5.41, 5.74) is 0. The van der Waals surface area contributed by atoms with E-state index in [1.165, 1.54) is 0 Å². The van der Waals surface area contributed by atoms with Crippen LogP contribution in [0.5, 0.6) is 0 Å². The number of rotatable bonds is 4. The van der Waals surface area contributed by atoms with Gasteiger partial charge in [0.1, 0.15) is 0 Å². The number of carbonyl (C=O) groups is 1. The first-order valence-corrected chi connectivity index (χ1v) is 4.84. The lowest BCUT2D eigenvalue weighted by Crippen LogP contribution is -2.44. The maximum Gasteiger partial charge on any atom is 0.234 e. The van der Waals surface area contributed by atoms with Crippen molar-refractivity contribution >= 4 is 5.91 Å². The number of nitrogens with one attached hydrogen (secondary N) is 2. The van der Waals surface area contributed by atoms with Crippen LogP contribution in [0.15, 0.2) is 0 Å². The zero-order valence-electron chi connectivity index (χ0n) is 8.21. The Balaban J connectivity index is 2.10. The van der Waals surface area contributed by atoms with Crippen LogP contribution in [0.25, 0.3) is 0 Å². The van der Waals surface area contributed by atoms with E-state index >= 15 is 0 Å². The molecule has 14 heavy (non-hydrogen) atoms. The summed E-state index contributed by atoms with van der Waals surface area (Å²) in [6.07, 6.45) is 7.05. The standard InChI is InChI=1S/C10H16N2O2/c1-2-5-11-7-10(13)12-9-4-3-6-14-8-9/h1,9,11H,3-8H2,(H,12,13). The van der Waals surface area contributed by atoms with Gasteiger partial charge in [0.05, 0.1) is 25.7 Å². The Morgan fingerprint density at radius 1 is 1.64 bits per heavy atom. The molecule has 0 aromatic carbocycles. The Hall–Kier alpha value is -1.05. The summed E-state index contributed by atoms with van der Waals surface area (Å²) in [5, 5.41) is 5.72. The fourth-order valence-electron chi connectivity index (χ4n) is 1.38. The van der Waals surface area contributed by atoms with Crippen LogP contribution in [0.4, 0.5) is 0 Å². The number of terminal acetylenes is 1. The van der Waals surface area contributed by atoms with E-state index < -0.39 is 0 Å². The molecule has 1 saturated heterocycles. The molecule has 78 valence electrons. The monoisotopic (exact) mass is 196 g/mol. The smallest absolute Gasteiger partial charge is 0.234 e. The fourth-order valence-corrected chi connectivity index (χ4v) is 1.38. The molecular formula is C10H16N2O2. The molecule has 4 heteroatoms. The molecule has 1 aliphatic rings. The number of hydrogen-bond donors (Lipinski definition) is 2. The van der Waals surface area contributed by atoms with E-state index in [-0.39, 0.29) is 18.5 Å². The molecule has 1 heterocycles. The van der Waals surface area contributed by atoms with Crippen LogP contribution in [-0.4, -0.2) is 38.3 Å². The number of hydrogen-bond acceptors (Lipinski definition) is 3. The minimum atomic E-state index is -0.0178. The van der Waals surface area contributed by atoms with E-state index in [1.807, 2.05) is 0 Å². The van der Waals surface area contributed by atoms with E-state index in [0.717, 1.165) is 19.4 Å².